The normalized spacial score (nSPS) is 22.1. The molecule has 2 N–H and O–H groups in total. The lowest BCUT2D eigenvalue weighted by molar-refractivity contribution is -0.0652. The molecule has 0 aliphatic carbocycles. The second kappa shape index (κ2) is 9.69. The van der Waals surface area contributed by atoms with Gasteiger partial charge in [0.25, 0.3) is 0 Å². The summed E-state index contributed by atoms with van der Waals surface area (Å²) in [6.45, 7) is 10.1. The Morgan fingerprint density at radius 3 is 2.40 bits per heavy atom. The molecule has 2 atom stereocenters. The molecular formula is C23H36N2O5. The Kier molecular flexibility index (Phi) is 7.75. The van der Waals surface area contributed by atoms with Crippen LogP contribution in [0.3, 0.4) is 0 Å². The average molecular weight is 421 g/mol. The number of hydrogen-bond acceptors (Lipinski definition) is 4. The molecule has 1 heterocycles. The summed E-state index contributed by atoms with van der Waals surface area (Å²) >= 11 is 0. The van der Waals surface area contributed by atoms with E-state index in [0.717, 1.165) is 5.56 Å². The fraction of sp³-hybridized carbons (Fsp3) is 0.652. The number of rotatable bonds is 6. The molecule has 1 aromatic carbocycles. The van der Waals surface area contributed by atoms with E-state index >= 15 is 0 Å². The third-order valence-corrected chi connectivity index (χ3v) is 6.32. The number of aliphatic hydroxyl groups is 1. The zero-order valence-electron chi connectivity index (χ0n) is 18.8. The molecule has 0 radical (unpaired) electrons. The zero-order valence-corrected chi connectivity index (χ0v) is 18.8. The molecule has 0 saturated carbocycles. The standard InChI is InChI=1S/C23H36N2O5/c1-17(2)25(21(29)30-16-18-9-7-6-8-10-18)19-11-12-23(13-14-26,22(3,4)5)24(15-19)20(27)28/h6-10,17,19,26H,11-16H2,1-5H3,(H,27,28)/t19-,23-/m1/s1. The summed E-state index contributed by atoms with van der Waals surface area (Å²) in [4.78, 5) is 28.2. The summed E-state index contributed by atoms with van der Waals surface area (Å²) in [6, 6.07) is 9.07. The molecule has 168 valence electrons. The lowest BCUT2D eigenvalue weighted by Crippen LogP contribution is -2.66. The van der Waals surface area contributed by atoms with Gasteiger partial charge in [0.2, 0.25) is 0 Å². The van der Waals surface area contributed by atoms with Gasteiger partial charge in [0, 0.05) is 19.2 Å². The maximum absolute atomic E-state index is 12.9. The van der Waals surface area contributed by atoms with Crippen molar-refractivity contribution in [3.63, 3.8) is 0 Å². The predicted octanol–water partition coefficient (Wildman–Crippen LogP) is 4.34. The van der Waals surface area contributed by atoms with E-state index in [2.05, 4.69) is 0 Å². The second-order valence-corrected chi connectivity index (χ2v) is 9.38. The Morgan fingerprint density at radius 1 is 1.27 bits per heavy atom. The molecule has 2 rings (SSSR count). The van der Waals surface area contributed by atoms with E-state index in [4.69, 9.17) is 4.74 Å². The van der Waals surface area contributed by atoms with Crippen LogP contribution in [0.5, 0.6) is 0 Å². The van der Waals surface area contributed by atoms with Gasteiger partial charge < -0.3 is 24.7 Å². The van der Waals surface area contributed by atoms with Crippen LogP contribution in [-0.4, -0.2) is 63.0 Å². The number of carbonyl (C=O) groups is 2. The Morgan fingerprint density at radius 2 is 1.90 bits per heavy atom. The SMILES string of the molecule is CC(C)N(C(=O)OCc1ccccc1)[C@@H]1CC[C@@](CCO)(C(C)(C)C)N(C(=O)O)C1. The van der Waals surface area contributed by atoms with Gasteiger partial charge in [-0.2, -0.15) is 0 Å². The first-order valence-corrected chi connectivity index (χ1v) is 10.6. The van der Waals surface area contributed by atoms with Crippen LogP contribution < -0.4 is 0 Å². The second-order valence-electron chi connectivity index (χ2n) is 9.38. The van der Waals surface area contributed by atoms with Gasteiger partial charge >= 0.3 is 12.2 Å². The van der Waals surface area contributed by atoms with Crippen LogP contribution in [0.15, 0.2) is 30.3 Å². The molecule has 0 spiro atoms. The van der Waals surface area contributed by atoms with Crippen LogP contribution >= 0.6 is 0 Å². The molecule has 1 saturated heterocycles. The van der Waals surface area contributed by atoms with Gasteiger partial charge in [-0.25, -0.2) is 9.59 Å². The van der Waals surface area contributed by atoms with Gasteiger partial charge in [-0.15, -0.1) is 0 Å². The number of hydrogen-bond donors (Lipinski definition) is 2. The van der Waals surface area contributed by atoms with Crippen LogP contribution in [0.25, 0.3) is 0 Å². The quantitative estimate of drug-likeness (QED) is 0.714. The highest BCUT2D eigenvalue weighted by Crippen LogP contribution is 2.46. The summed E-state index contributed by atoms with van der Waals surface area (Å²) in [6.07, 6.45) is 0.137. The molecule has 2 amide bonds. The molecule has 1 aromatic rings. The minimum absolute atomic E-state index is 0.0846. The van der Waals surface area contributed by atoms with E-state index in [9.17, 15) is 19.8 Å². The first-order valence-electron chi connectivity index (χ1n) is 10.6. The number of carbonyl (C=O) groups excluding carboxylic acids is 1. The molecular weight excluding hydrogens is 384 g/mol. The monoisotopic (exact) mass is 420 g/mol. The summed E-state index contributed by atoms with van der Waals surface area (Å²) < 4.78 is 5.55. The van der Waals surface area contributed by atoms with Gasteiger partial charge in [0.15, 0.2) is 0 Å². The Bertz CT molecular complexity index is 716. The highest BCUT2D eigenvalue weighted by Gasteiger charge is 2.52. The number of nitrogens with zero attached hydrogens (tertiary/aromatic N) is 2. The number of ether oxygens (including phenoxy) is 1. The summed E-state index contributed by atoms with van der Waals surface area (Å²) in [5.74, 6) is 0. The van der Waals surface area contributed by atoms with E-state index in [1.54, 1.807) is 4.90 Å². The van der Waals surface area contributed by atoms with Gasteiger partial charge in [0.05, 0.1) is 11.6 Å². The van der Waals surface area contributed by atoms with Crippen molar-refractivity contribution < 1.29 is 24.5 Å². The molecule has 0 aromatic heterocycles. The molecule has 7 nitrogen and oxygen atoms in total. The van der Waals surface area contributed by atoms with Gasteiger partial charge in [-0.3, -0.25) is 0 Å². The van der Waals surface area contributed by atoms with Gasteiger partial charge in [-0.1, -0.05) is 51.1 Å². The Hall–Kier alpha value is -2.28. The molecule has 1 fully saturated rings. The largest absolute Gasteiger partial charge is 0.465 e. The number of piperidine rings is 1. The van der Waals surface area contributed by atoms with E-state index in [1.807, 2.05) is 65.0 Å². The van der Waals surface area contributed by atoms with Gasteiger partial charge in [-0.05, 0) is 44.1 Å². The van der Waals surface area contributed by atoms with Crippen molar-refractivity contribution in [2.45, 2.75) is 78.1 Å². The van der Waals surface area contributed by atoms with Crippen molar-refractivity contribution in [2.75, 3.05) is 13.2 Å². The third kappa shape index (κ3) is 5.06. The topological polar surface area (TPSA) is 90.3 Å². The van der Waals surface area contributed by atoms with Crippen LogP contribution in [0, 0.1) is 5.41 Å². The lowest BCUT2D eigenvalue weighted by atomic mass is 9.65. The Balaban J connectivity index is 2.21. The fourth-order valence-corrected chi connectivity index (χ4v) is 4.68. The predicted molar refractivity (Wildman–Crippen MR) is 115 cm³/mol. The summed E-state index contributed by atoms with van der Waals surface area (Å²) in [7, 11) is 0. The smallest absolute Gasteiger partial charge is 0.410 e. The van der Waals surface area contributed by atoms with Crippen molar-refractivity contribution in [1.29, 1.82) is 0 Å². The van der Waals surface area contributed by atoms with Crippen molar-refractivity contribution >= 4 is 12.2 Å². The fourth-order valence-electron chi connectivity index (χ4n) is 4.68. The maximum Gasteiger partial charge on any atom is 0.410 e. The van der Waals surface area contributed by atoms with E-state index in [1.165, 1.54) is 4.90 Å². The number of likely N-dealkylation sites (tertiary alicyclic amines) is 1. The molecule has 7 heteroatoms. The minimum atomic E-state index is -1.02. The Labute approximate surface area is 179 Å². The zero-order chi connectivity index (χ0) is 22.5. The minimum Gasteiger partial charge on any atom is -0.465 e. The van der Waals surface area contributed by atoms with Crippen molar-refractivity contribution in [2.24, 2.45) is 5.41 Å². The first-order chi connectivity index (χ1) is 14.0. The van der Waals surface area contributed by atoms with Crippen molar-refractivity contribution in [3.05, 3.63) is 35.9 Å². The first kappa shape index (κ1) is 24.0. The molecule has 0 unspecified atom stereocenters. The maximum atomic E-state index is 12.9. The number of amides is 2. The van der Waals surface area contributed by atoms with Crippen molar-refractivity contribution in [1.82, 2.24) is 9.80 Å². The van der Waals surface area contributed by atoms with Gasteiger partial charge in [0.1, 0.15) is 6.61 Å². The molecule has 1 aliphatic heterocycles. The average Bonchev–Trinajstić information content (AvgIpc) is 2.67. The number of aliphatic hydroxyl groups excluding tert-OH is 1. The van der Waals surface area contributed by atoms with E-state index in [0.29, 0.717) is 19.3 Å². The summed E-state index contributed by atoms with van der Waals surface area (Å²) in [5.41, 5.74) is -0.129. The van der Waals surface area contributed by atoms with E-state index in [-0.39, 0.29) is 37.3 Å². The molecule has 0 bridgehead atoms. The highest BCUT2D eigenvalue weighted by atomic mass is 16.6. The molecule has 30 heavy (non-hydrogen) atoms. The van der Waals surface area contributed by atoms with Crippen molar-refractivity contribution in [3.8, 4) is 0 Å². The molecule has 1 aliphatic rings. The van der Waals surface area contributed by atoms with Crippen LogP contribution in [-0.2, 0) is 11.3 Å². The highest BCUT2D eigenvalue weighted by molar-refractivity contribution is 5.70. The van der Waals surface area contributed by atoms with E-state index < -0.39 is 17.7 Å². The van der Waals surface area contributed by atoms with Crippen LogP contribution in [0.2, 0.25) is 0 Å². The number of benzene rings is 1. The number of carboxylic acid groups (broad SMARTS) is 1. The van der Waals surface area contributed by atoms with Crippen LogP contribution in [0.1, 0.15) is 59.4 Å². The summed E-state index contributed by atoms with van der Waals surface area (Å²) in [5, 5.41) is 19.7. The lowest BCUT2D eigenvalue weighted by Gasteiger charge is -2.56. The van der Waals surface area contributed by atoms with Crippen LogP contribution in [0.4, 0.5) is 9.59 Å². The third-order valence-electron chi connectivity index (χ3n) is 6.32.